The maximum atomic E-state index is 3.63. The highest BCUT2D eigenvalue weighted by Gasteiger charge is 2.04. The third kappa shape index (κ3) is 5.92. The average molecular weight is 265 g/mol. The zero-order chi connectivity index (χ0) is 13.4. The van der Waals surface area contributed by atoms with E-state index in [1.54, 1.807) is 0 Å². The van der Waals surface area contributed by atoms with Crippen LogP contribution in [-0.2, 0) is 13.0 Å². The fourth-order valence-electron chi connectivity index (χ4n) is 2.05. The van der Waals surface area contributed by atoms with Crippen molar-refractivity contribution in [3.05, 3.63) is 35.4 Å². The smallest absolute Gasteiger partial charge is 0.0208 e. The molecule has 0 aromatic heterocycles. The van der Waals surface area contributed by atoms with Gasteiger partial charge in [-0.15, -0.1) is 0 Å². The monoisotopic (exact) mass is 265 g/mol. The van der Waals surface area contributed by atoms with Gasteiger partial charge in [0.25, 0.3) is 0 Å². The minimum Gasteiger partial charge on any atom is -0.309 e. The van der Waals surface area contributed by atoms with Crippen LogP contribution in [0.3, 0.4) is 0 Å². The van der Waals surface area contributed by atoms with E-state index in [1.807, 2.05) is 11.8 Å². The van der Waals surface area contributed by atoms with Gasteiger partial charge in [-0.3, -0.25) is 0 Å². The van der Waals surface area contributed by atoms with Crippen LogP contribution in [0.1, 0.15) is 38.3 Å². The van der Waals surface area contributed by atoms with Gasteiger partial charge in [-0.25, -0.2) is 0 Å². The Morgan fingerprint density at radius 1 is 1.11 bits per heavy atom. The molecule has 102 valence electrons. The molecule has 1 aromatic carbocycles. The van der Waals surface area contributed by atoms with Gasteiger partial charge in [0.1, 0.15) is 0 Å². The van der Waals surface area contributed by atoms with Gasteiger partial charge >= 0.3 is 0 Å². The first-order chi connectivity index (χ1) is 8.65. The van der Waals surface area contributed by atoms with Gasteiger partial charge in [-0.1, -0.05) is 45.0 Å². The van der Waals surface area contributed by atoms with Crippen LogP contribution in [0.2, 0.25) is 0 Å². The van der Waals surface area contributed by atoms with E-state index in [-0.39, 0.29) is 0 Å². The summed E-state index contributed by atoms with van der Waals surface area (Å²) in [6.45, 7) is 7.77. The normalized spacial score (nSPS) is 12.9. The second-order valence-corrected chi connectivity index (χ2v) is 6.27. The molecule has 0 aliphatic carbocycles. The Bertz CT molecular complexity index is 318. The Hall–Kier alpha value is -0.470. The molecule has 18 heavy (non-hydrogen) atoms. The van der Waals surface area contributed by atoms with Crippen LogP contribution in [-0.4, -0.2) is 18.1 Å². The number of benzene rings is 1. The maximum absolute atomic E-state index is 3.63. The molecule has 1 rings (SSSR count). The standard InChI is InChI=1S/C16H27NS/c1-5-16(12-18-4)17-11-15-8-6-14(7-9-15)10-13(2)3/h6-9,13,16-17H,5,10-12H2,1-4H3. The number of hydrogen-bond donors (Lipinski definition) is 1. The quantitative estimate of drug-likeness (QED) is 0.759. The highest BCUT2D eigenvalue weighted by Crippen LogP contribution is 2.10. The highest BCUT2D eigenvalue weighted by molar-refractivity contribution is 7.98. The van der Waals surface area contributed by atoms with Crippen LogP contribution in [0.5, 0.6) is 0 Å². The first-order valence-electron chi connectivity index (χ1n) is 6.95. The van der Waals surface area contributed by atoms with Crippen molar-refractivity contribution in [2.45, 2.75) is 46.2 Å². The van der Waals surface area contributed by atoms with Crippen LogP contribution in [0, 0.1) is 5.92 Å². The predicted molar refractivity (Wildman–Crippen MR) is 84.3 cm³/mol. The summed E-state index contributed by atoms with van der Waals surface area (Å²) in [5, 5.41) is 3.63. The lowest BCUT2D eigenvalue weighted by Crippen LogP contribution is -2.30. The summed E-state index contributed by atoms with van der Waals surface area (Å²) in [6.07, 6.45) is 4.55. The Balaban J connectivity index is 2.43. The minimum absolute atomic E-state index is 0.635. The van der Waals surface area contributed by atoms with Crippen molar-refractivity contribution in [2.75, 3.05) is 12.0 Å². The van der Waals surface area contributed by atoms with E-state index in [0.29, 0.717) is 6.04 Å². The molecule has 0 fully saturated rings. The van der Waals surface area contributed by atoms with Crippen molar-refractivity contribution in [3.8, 4) is 0 Å². The first kappa shape index (κ1) is 15.6. The largest absolute Gasteiger partial charge is 0.309 e. The number of hydrogen-bond acceptors (Lipinski definition) is 2. The van der Waals surface area contributed by atoms with Crippen molar-refractivity contribution < 1.29 is 0 Å². The van der Waals surface area contributed by atoms with Crippen molar-refractivity contribution in [1.29, 1.82) is 0 Å². The molecule has 1 unspecified atom stereocenters. The van der Waals surface area contributed by atoms with E-state index in [1.165, 1.54) is 29.7 Å². The lowest BCUT2D eigenvalue weighted by molar-refractivity contribution is 0.541. The van der Waals surface area contributed by atoms with Crippen LogP contribution < -0.4 is 5.32 Å². The third-order valence-electron chi connectivity index (χ3n) is 3.12. The van der Waals surface area contributed by atoms with E-state index < -0.39 is 0 Å². The molecule has 1 N–H and O–H groups in total. The summed E-state index contributed by atoms with van der Waals surface area (Å²) in [4.78, 5) is 0. The third-order valence-corrected chi connectivity index (χ3v) is 3.86. The Morgan fingerprint density at radius 3 is 2.22 bits per heavy atom. The molecule has 1 aromatic rings. The van der Waals surface area contributed by atoms with E-state index in [4.69, 9.17) is 0 Å². The fourth-order valence-corrected chi connectivity index (χ4v) is 2.81. The molecule has 0 spiro atoms. The summed E-state index contributed by atoms with van der Waals surface area (Å²) >= 11 is 1.92. The molecule has 0 saturated heterocycles. The number of nitrogens with one attached hydrogen (secondary N) is 1. The van der Waals surface area contributed by atoms with Crippen LogP contribution in [0.15, 0.2) is 24.3 Å². The molecule has 2 heteroatoms. The molecule has 1 nitrogen and oxygen atoms in total. The lowest BCUT2D eigenvalue weighted by atomic mass is 10.0. The number of rotatable bonds is 8. The van der Waals surface area contributed by atoms with Crippen molar-refractivity contribution in [2.24, 2.45) is 5.92 Å². The first-order valence-corrected chi connectivity index (χ1v) is 8.35. The molecular formula is C16H27NS. The Morgan fingerprint density at radius 2 is 1.72 bits per heavy atom. The summed E-state index contributed by atoms with van der Waals surface area (Å²) < 4.78 is 0. The molecule has 0 saturated carbocycles. The molecule has 0 amide bonds. The highest BCUT2D eigenvalue weighted by atomic mass is 32.2. The van der Waals surface area contributed by atoms with Gasteiger partial charge in [-0.2, -0.15) is 11.8 Å². The summed E-state index contributed by atoms with van der Waals surface area (Å²) in [6, 6.07) is 9.70. The summed E-state index contributed by atoms with van der Waals surface area (Å²) in [5.41, 5.74) is 2.84. The maximum Gasteiger partial charge on any atom is 0.0208 e. The topological polar surface area (TPSA) is 12.0 Å². The summed E-state index contributed by atoms with van der Waals surface area (Å²) in [7, 11) is 0. The molecule has 0 heterocycles. The van der Waals surface area contributed by atoms with Crippen molar-refractivity contribution in [3.63, 3.8) is 0 Å². The molecule has 0 aliphatic rings. The van der Waals surface area contributed by atoms with Gasteiger partial charge in [0, 0.05) is 18.3 Å². The molecule has 0 bridgehead atoms. The van der Waals surface area contributed by atoms with Crippen molar-refractivity contribution in [1.82, 2.24) is 5.32 Å². The van der Waals surface area contributed by atoms with Gasteiger partial charge in [-0.05, 0) is 36.1 Å². The number of thioether (sulfide) groups is 1. The fraction of sp³-hybridized carbons (Fsp3) is 0.625. The van der Waals surface area contributed by atoms with Crippen LogP contribution >= 0.6 is 11.8 Å². The SMILES string of the molecule is CCC(CSC)NCc1ccc(CC(C)C)cc1. The van der Waals surface area contributed by atoms with E-state index in [0.717, 1.165) is 12.5 Å². The van der Waals surface area contributed by atoms with Gasteiger partial charge < -0.3 is 5.32 Å². The Labute approximate surface area is 117 Å². The molecule has 0 radical (unpaired) electrons. The van der Waals surface area contributed by atoms with Crippen LogP contribution in [0.4, 0.5) is 0 Å². The molecule has 0 aliphatic heterocycles. The second kappa shape index (κ2) is 8.60. The van der Waals surface area contributed by atoms with Crippen molar-refractivity contribution >= 4 is 11.8 Å². The second-order valence-electron chi connectivity index (χ2n) is 5.36. The molecule has 1 atom stereocenters. The van der Waals surface area contributed by atoms with Gasteiger partial charge in [0.05, 0.1) is 0 Å². The van der Waals surface area contributed by atoms with Gasteiger partial charge in [0.2, 0.25) is 0 Å². The lowest BCUT2D eigenvalue weighted by Gasteiger charge is -2.16. The zero-order valence-corrected chi connectivity index (χ0v) is 13.0. The van der Waals surface area contributed by atoms with E-state index >= 15 is 0 Å². The zero-order valence-electron chi connectivity index (χ0n) is 12.2. The average Bonchev–Trinajstić information content (AvgIpc) is 2.35. The van der Waals surface area contributed by atoms with Crippen LogP contribution in [0.25, 0.3) is 0 Å². The van der Waals surface area contributed by atoms with E-state index in [9.17, 15) is 0 Å². The Kier molecular flexibility index (Phi) is 7.45. The molecular weight excluding hydrogens is 238 g/mol. The predicted octanol–water partition coefficient (Wildman–Crippen LogP) is 4.12. The van der Waals surface area contributed by atoms with E-state index in [2.05, 4.69) is 56.6 Å². The summed E-state index contributed by atoms with van der Waals surface area (Å²) in [5.74, 6) is 1.93. The van der Waals surface area contributed by atoms with Gasteiger partial charge in [0.15, 0.2) is 0 Å². The minimum atomic E-state index is 0.635.